The third kappa shape index (κ3) is 3.56. The van der Waals surface area contributed by atoms with Crippen LogP contribution in [0, 0.1) is 11.8 Å². The van der Waals surface area contributed by atoms with Crippen LogP contribution in [0.4, 0.5) is 0 Å². The van der Waals surface area contributed by atoms with E-state index < -0.39 is 0 Å². The maximum absolute atomic E-state index is 10.3. The fourth-order valence-electron chi connectivity index (χ4n) is 2.37. The highest BCUT2D eigenvalue weighted by atomic mass is 16.3. The SMILES string of the molecule is CCc1cc(CC(O)C(CN)C(C)C)n(CC)n1. The summed E-state index contributed by atoms with van der Waals surface area (Å²) in [6.07, 6.45) is 1.18. The van der Waals surface area contributed by atoms with Crippen LogP contribution in [0.5, 0.6) is 0 Å². The Morgan fingerprint density at radius 2 is 2.06 bits per heavy atom. The Morgan fingerprint density at radius 1 is 1.39 bits per heavy atom. The maximum atomic E-state index is 10.3. The lowest BCUT2D eigenvalue weighted by atomic mass is 9.88. The van der Waals surface area contributed by atoms with Crippen LogP contribution in [0.25, 0.3) is 0 Å². The summed E-state index contributed by atoms with van der Waals surface area (Å²) < 4.78 is 1.98. The fraction of sp³-hybridized carbons (Fsp3) is 0.786. The van der Waals surface area contributed by atoms with Gasteiger partial charge in [0, 0.05) is 18.7 Å². The molecule has 104 valence electrons. The number of hydrogen-bond donors (Lipinski definition) is 2. The fourth-order valence-corrected chi connectivity index (χ4v) is 2.37. The van der Waals surface area contributed by atoms with Gasteiger partial charge in [-0.05, 0) is 37.8 Å². The quantitative estimate of drug-likeness (QED) is 0.776. The van der Waals surface area contributed by atoms with Gasteiger partial charge in [0.2, 0.25) is 0 Å². The lowest BCUT2D eigenvalue weighted by Gasteiger charge is -2.25. The molecule has 1 heterocycles. The molecule has 2 atom stereocenters. The van der Waals surface area contributed by atoms with E-state index >= 15 is 0 Å². The molecule has 0 saturated carbocycles. The molecular weight excluding hydrogens is 226 g/mol. The number of hydrogen-bond acceptors (Lipinski definition) is 3. The van der Waals surface area contributed by atoms with Crippen LogP contribution in [0.3, 0.4) is 0 Å². The van der Waals surface area contributed by atoms with Crippen LogP contribution in [0.15, 0.2) is 6.07 Å². The van der Waals surface area contributed by atoms with Gasteiger partial charge in [-0.3, -0.25) is 4.68 Å². The molecule has 1 aromatic rings. The van der Waals surface area contributed by atoms with Crippen LogP contribution in [-0.2, 0) is 19.4 Å². The van der Waals surface area contributed by atoms with Crippen molar-refractivity contribution >= 4 is 0 Å². The summed E-state index contributed by atoms with van der Waals surface area (Å²) >= 11 is 0. The number of aliphatic hydroxyl groups excluding tert-OH is 1. The summed E-state index contributed by atoms with van der Waals surface area (Å²) in [5.74, 6) is 0.545. The van der Waals surface area contributed by atoms with Crippen molar-refractivity contribution in [2.24, 2.45) is 17.6 Å². The highest BCUT2D eigenvalue weighted by Gasteiger charge is 2.22. The molecule has 3 N–H and O–H groups in total. The first-order chi connectivity index (χ1) is 8.53. The summed E-state index contributed by atoms with van der Waals surface area (Å²) in [5, 5.41) is 14.8. The predicted molar refractivity (Wildman–Crippen MR) is 74.4 cm³/mol. The average Bonchev–Trinajstić information content (AvgIpc) is 2.71. The first kappa shape index (κ1) is 15.2. The minimum Gasteiger partial charge on any atom is -0.392 e. The zero-order chi connectivity index (χ0) is 13.7. The highest BCUT2D eigenvalue weighted by molar-refractivity contribution is 5.11. The Kier molecular flexibility index (Phi) is 5.82. The number of nitrogens with two attached hydrogens (primary N) is 1. The summed E-state index contributed by atoms with van der Waals surface area (Å²) in [6, 6.07) is 2.10. The van der Waals surface area contributed by atoms with E-state index in [-0.39, 0.29) is 12.0 Å². The van der Waals surface area contributed by atoms with Gasteiger partial charge in [-0.25, -0.2) is 0 Å². The first-order valence-electron chi connectivity index (χ1n) is 6.97. The maximum Gasteiger partial charge on any atom is 0.0638 e. The van der Waals surface area contributed by atoms with Crippen LogP contribution >= 0.6 is 0 Å². The van der Waals surface area contributed by atoms with Crippen molar-refractivity contribution in [2.75, 3.05) is 6.54 Å². The van der Waals surface area contributed by atoms with Gasteiger partial charge in [0.15, 0.2) is 0 Å². The van der Waals surface area contributed by atoms with Crippen LogP contribution < -0.4 is 5.73 Å². The van der Waals surface area contributed by atoms with Gasteiger partial charge in [-0.1, -0.05) is 20.8 Å². The van der Waals surface area contributed by atoms with Crippen LogP contribution in [0.1, 0.15) is 39.1 Å². The topological polar surface area (TPSA) is 64.1 Å². The summed E-state index contributed by atoms with van der Waals surface area (Å²) in [5.41, 5.74) is 7.95. The molecule has 0 aliphatic rings. The monoisotopic (exact) mass is 253 g/mol. The Labute approximate surface area is 110 Å². The minimum absolute atomic E-state index is 0.148. The molecule has 2 unspecified atom stereocenters. The standard InChI is InChI=1S/C14H27N3O/c1-5-11-7-12(17(6-2)16-11)8-14(18)13(9-15)10(3)4/h7,10,13-14,18H,5-6,8-9,15H2,1-4H3. The Hall–Kier alpha value is -0.870. The molecule has 0 spiro atoms. The van der Waals surface area contributed by atoms with Gasteiger partial charge in [-0.15, -0.1) is 0 Å². The molecule has 4 heteroatoms. The van der Waals surface area contributed by atoms with E-state index in [9.17, 15) is 5.11 Å². The number of rotatable bonds is 7. The number of aryl methyl sites for hydroxylation is 2. The molecule has 0 aliphatic carbocycles. The molecule has 0 radical (unpaired) electrons. The van der Waals surface area contributed by atoms with E-state index in [4.69, 9.17) is 5.73 Å². The Morgan fingerprint density at radius 3 is 2.50 bits per heavy atom. The molecular formula is C14H27N3O. The molecule has 18 heavy (non-hydrogen) atoms. The smallest absolute Gasteiger partial charge is 0.0638 e. The number of aliphatic hydroxyl groups is 1. The van der Waals surface area contributed by atoms with Gasteiger partial charge in [0.05, 0.1) is 11.8 Å². The van der Waals surface area contributed by atoms with E-state index in [0.29, 0.717) is 18.9 Å². The zero-order valence-corrected chi connectivity index (χ0v) is 12.1. The third-order valence-electron chi connectivity index (χ3n) is 3.62. The second-order valence-electron chi connectivity index (χ2n) is 5.21. The van der Waals surface area contributed by atoms with Crippen LogP contribution in [-0.4, -0.2) is 27.5 Å². The van der Waals surface area contributed by atoms with Crippen molar-refractivity contribution in [3.8, 4) is 0 Å². The lowest BCUT2D eigenvalue weighted by Crippen LogP contribution is -2.34. The van der Waals surface area contributed by atoms with Gasteiger partial charge >= 0.3 is 0 Å². The second-order valence-corrected chi connectivity index (χ2v) is 5.21. The third-order valence-corrected chi connectivity index (χ3v) is 3.62. The van der Waals surface area contributed by atoms with E-state index in [0.717, 1.165) is 24.4 Å². The van der Waals surface area contributed by atoms with Crippen molar-refractivity contribution < 1.29 is 5.11 Å². The Bertz CT molecular complexity index is 360. The number of aromatic nitrogens is 2. The molecule has 0 amide bonds. The molecule has 0 bridgehead atoms. The molecule has 4 nitrogen and oxygen atoms in total. The van der Waals surface area contributed by atoms with Crippen molar-refractivity contribution in [2.45, 2.75) is 53.2 Å². The van der Waals surface area contributed by atoms with E-state index in [1.807, 2.05) is 4.68 Å². The molecule has 1 rings (SSSR count). The summed E-state index contributed by atoms with van der Waals surface area (Å²) in [7, 11) is 0. The van der Waals surface area contributed by atoms with Crippen LogP contribution in [0.2, 0.25) is 0 Å². The van der Waals surface area contributed by atoms with Gasteiger partial charge in [-0.2, -0.15) is 5.10 Å². The van der Waals surface area contributed by atoms with Crippen molar-refractivity contribution in [1.82, 2.24) is 9.78 Å². The zero-order valence-electron chi connectivity index (χ0n) is 12.1. The summed E-state index contributed by atoms with van der Waals surface area (Å²) in [4.78, 5) is 0. The normalized spacial score (nSPS) is 15.1. The number of nitrogens with zero attached hydrogens (tertiary/aromatic N) is 2. The van der Waals surface area contributed by atoms with E-state index in [2.05, 4.69) is 38.9 Å². The molecule has 0 aliphatic heterocycles. The molecule has 0 fully saturated rings. The lowest BCUT2D eigenvalue weighted by molar-refractivity contribution is 0.0845. The van der Waals surface area contributed by atoms with Crippen molar-refractivity contribution in [1.29, 1.82) is 0 Å². The van der Waals surface area contributed by atoms with Crippen molar-refractivity contribution in [3.05, 3.63) is 17.5 Å². The second kappa shape index (κ2) is 6.90. The Balaban J connectivity index is 2.79. The van der Waals surface area contributed by atoms with E-state index in [1.54, 1.807) is 0 Å². The van der Waals surface area contributed by atoms with Crippen molar-refractivity contribution in [3.63, 3.8) is 0 Å². The molecule has 0 saturated heterocycles. The molecule has 1 aromatic heterocycles. The average molecular weight is 253 g/mol. The van der Waals surface area contributed by atoms with E-state index in [1.165, 1.54) is 0 Å². The molecule has 0 aromatic carbocycles. The predicted octanol–water partition coefficient (Wildman–Crippen LogP) is 1.60. The highest BCUT2D eigenvalue weighted by Crippen LogP contribution is 2.18. The summed E-state index contributed by atoms with van der Waals surface area (Å²) in [6.45, 7) is 9.76. The first-order valence-corrected chi connectivity index (χ1v) is 6.97. The van der Waals surface area contributed by atoms with Gasteiger partial charge in [0.1, 0.15) is 0 Å². The minimum atomic E-state index is -0.387. The van der Waals surface area contributed by atoms with Gasteiger partial charge in [0.25, 0.3) is 0 Å². The van der Waals surface area contributed by atoms with Gasteiger partial charge < -0.3 is 10.8 Å². The largest absolute Gasteiger partial charge is 0.392 e.